The van der Waals surface area contributed by atoms with Gasteiger partial charge < -0.3 is 0 Å². The molecule has 0 N–H and O–H groups in total. The van der Waals surface area contributed by atoms with Crippen LogP contribution in [0.15, 0.2) is 103 Å². The third kappa shape index (κ3) is 1.73. The van der Waals surface area contributed by atoms with Crippen LogP contribution in [0.5, 0.6) is 0 Å². The first-order chi connectivity index (χ1) is 15.9. The van der Waals surface area contributed by atoms with Gasteiger partial charge in [0.15, 0.2) is 0 Å². The monoisotopic (exact) mass is 405 g/mol. The molecule has 3 aliphatic carbocycles. The first kappa shape index (κ1) is 16.7. The van der Waals surface area contributed by atoms with Crippen LogP contribution in [0.2, 0.25) is 0 Å². The fourth-order valence-electron chi connectivity index (χ4n) is 6.67. The van der Waals surface area contributed by atoms with Gasteiger partial charge in [0.1, 0.15) is 0 Å². The summed E-state index contributed by atoms with van der Waals surface area (Å²) in [5.41, 5.74) is 14.8. The highest BCUT2D eigenvalue weighted by Gasteiger charge is 2.55. The molecule has 0 bridgehead atoms. The van der Waals surface area contributed by atoms with Gasteiger partial charge in [0.05, 0.1) is 10.9 Å². The number of aromatic nitrogens is 1. The number of rotatable bonds is 0. The molecule has 0 amide bonds. The predicted molar refractivity (Wildman–Crippen MR) is 130 cm³/mol. The van der Waals surface area contributed by atoms with Crippen molar-refractivity contribution in [2.24, 2.45) is 0 Å². The number of hydrogen-bond donors (Lipinski definition) is 0. The lowest BCUT2D eigenvalue weighted by Gasteiger charge is -2.32. The lowest BCUT2D eigenvalue weighted by atomic mass is 9.68. The minimum atomic E-state index is -0.304. The van der Waals surface area contributed by atoms with E-state index in [1.165, 1.54) is 61.0 Å². The summed E-state index contributed by atoms with van der Waals surface area (Å²) >= 11 is 0. The van der Waals surface area contributed by atoms with Crippen LogP contribution in [-0.2, 0) is 11.8 Å². The molecule has 0 saturated heterocycles. The topological polar surface area (TPSA) is 12.9 Å². The van der Waals surface area contributed by atoms with E-state index >= 15 is 0 Å². The van der Waals surface area contributed by atoms with Crippen LogP contribution in [0.3, 0.4) is 0 Å². The van der Waals surface area contributed by atoms with Gasteiger partial charge >= 0.3 is 0 Å². The van der Waals surface area contributed by atoms with Crippen LogP contribution < -0.4 is 0 Å². The Morgan fingerprint density at radius 2 is 1.25 bits per heavy atom. The Hall–Kier alpha value is -3.97. The van der Waals surface area contributed by atoms with Crippen LogP contribution >= 0.6 is 0 Å². The molecule has 0 fully saturated rings. The minimum absolute atomic E-state index is 0.304. The second kappa shape index (κ2) is 5.63. The Kier molecular flexibility index (Phi) is 2.94. The highest BCUT2D eigenvalue weighted by Crippen LogP contribution is 2.67. The summed E-state index contributed by atoms with van der Waals surface area (Å²) in [4.78, 5) is 4.98. The third-order valence-electron chi connectivity index (χ3n) is 7.77. The second-order valence-electron chi connectivity index (χ2n) is 9.09. The van der Waals surface area contributed by atoms with Crippen molar-refractivity contribution in [1.29, 1.82) is 0 Å². The van der Waals surface area contributed by atoms with Gasteiger partial charge in [-0.3, -0.25) is 4.98 Å². The molecular weight excluding hydrogens is 386 g/mol. The maximum Gasteiger partial charge on any atom is 0.0743 e. The number of hydrogen-bond acceptors (Lipinski definition) is 1. The smallest absolute Gasteiger partial charge is 0.0743 e. The van der Waals surface area contributed by atoms with Crippen molar-refractivity contribution in [3.63, 3.8) is 0 Å². The summed E-state index contributed by atoms with van der Waals surface area (Å²) in [6.07, 6.45) is 3.16. The van der Waals surface area contributed by atoms with Crippen LogP contribution in [0.25, 0.3) is 33.2 Å². The molecule has 148 valence electrons. The van der Waals surface area contributed by atoms with Gasteiger partial charge in [0.2, 0.25) is 0 Å². The SMILES string of the molecule is c1ccc2c(c1)CC1=C2C2(c3ccccc31)c1ccccc1-c1c2cnc2ccccc12. The average molecular weight is 406 g/mol. The van der Waals surface area contributed by atoms with Crippen LogP contribution in [0.4, 0.5) is 0 Å². The van der Waals surface area contributed by atoms with Crippen molar-refractivity contribution in [3.05, 3.63) is 137 Å². The van der Waals surface area contributed by atoms with Gasteiger partial charge in [-0.1, -0.05) is 91.0 Å². The van der Waals surface area contributed by atoms with Gasteiger partial charge in [-0.2, -0.15) is 0 Å². The summed E-state index contributed by atoms with van der Waals surface area (Å²) in [6, 6.07) is 35.6. The molecule has 1 heterocycles. The molecule has 1 unspecified atom stereocenters. The molecule has 4 aromatic carbocycles. The zero-order valence-electron chi connectivity index (χ0n) is 17.5. The fourth-order valence-corrected chi connectivity index (χ4v) is 6.67. The van der Waals surface area contributed by atoms with Crippen molar-refractivity contribution in [2.45, 2.75) is 11.8 Å². The Labute approximate surface area is 186 Å². The van der Waals surface area contributed by atoms with Gasteiger partial charge in [0, 0.05) is 11.6 Å². The maximum absolute atomic E-state index is 4.98. The van der Waals surface area contributed by atoms with Gasteiger partial charge in [-0.15, -0.1) is 0 Å². The van der Waals surface area contributed by atoms with Crippen LogP contribution in [-0.4, -0.2) is 4.98 Å². The zero-order valence-corrected chi connectivity index (χ0v) is 17.5. The molecule has 1 atom stereocenters. The van der Waals surface area contributed by atoms with E-state index in [0.717, 1.165) is 11.9 Å². The predicted octanol–water partition coefficient (Wildman–Crippen LogP) is 7.03. The third-order valence-corrected chi connectivity index (χ3v) is 7.77. The number of pyridine rings is 1. The second-order valence-corrected chi connectivity index (χ2v) is 9.09. The quantitative estimate of drug-likeness (QED) is 0.269. The van der Waals surface area contributed by atoms with Crippen molar-refractivity contribution in [1.82, 2.24) is 4.98 Å². The van der Waals surface area contributed by atoms with Gasteiger partial charge in [-0.25, -0.2) is 0 Å². The zero-order chi connectivity index (χ0) is 20.9. The van der Waals surface area contributed by atoms with Gasteiger partial charge in [0.25, 0.3) is 0 Å². The number of fused-ring (bicyclic) bond motifs is 13. The first-order valence-corrected chi connectivity index (χ1v) is 11.3. The van der Waals surface area contributed by atoms with E-state index in [4.69, 9.17) is 4.98 Å². The Morgan fingerprint density at radius 3 is 2.12 bits per heavy atom. The molecule has 1 heteroatoms. The van der Waals surface area contributed by atoms with E-state index in [0.29, 0.717) is 0 Å². The molecule has 1 spiro atoms. The largest absolute Gasteiger partial charge is 0.256 e. The normalized spacial score (nSPS) is 19.1. The summed E-state index contributed by atoms with van der Waals surface area (Å²) in [5.74, 6) is 0. The first-order valence-electron chi connectivity index (χ1n) is 11.3. The average Bonchev–Trinajstić information content (AvgIpc) is 3.47. The molecule has 1 aromatic heterocycles. The van der Waals surface area contributed by atoms with E-state index in [2.05, 4.69) is 103 Å². The summed E-state index contributed by atoms with van der Waals surface area (Å²) in [6.45, 7) is 0. The molecule has 3 aliphatic rings. The molecule has 1 nitrogen and oxygen atoms in total. The highest BCUT2D eigenvalue weighted by molar-refractivity contribution is 6.15. The molecule has 5 aromatic rings. The minimum Gasteiger partial charge on any atom is -0.256 e. The maximum atomic E-state index is 4.98. The van der Waals surface area contributed by atoms with Crippen molar-refractivity contribution < 1.29 is 0 Å². The Bertz CT molecular complexity index is 1650. The lowest BCUT2D eigenvalue weighted by Crippen LogP contribution is -2.26. The number of nitrogens with zero attached hydrogens (tertiary/aromatic N) is 1. The van der Waals surface area contributed by atoms with Crippen molar-refractivity contribution >= 4 is 22.0 Å². The van der Waals surface area contributed by atoms with E-state index in [1.54, 1.807) is 0 Å². The molecule has 32 heavy (non-hydrogen) atoms. The Morgan fingerprint density at radius 1 is 0.594 bits per heavy atom. The van der Waals surface area contributed by atoms with Crippen LogP contribution in [0.1, 0.15) is 33.4 Å². The number of allylic oxidation sites excluding steroid dienone is 2. The fraction of sp³-hybridized carbons (Fsp3) is 0.0645. The standard InChI is InChI=1S/C31H19N/c1-2-10-20-19(9-1)17-24-21-11-3-6-14-25(21)31(30(20)24)26-15-7-4-12-22(26)29-23-13-5-8-16-28(23)32-18-27(29)31/h1-16,18H,17H2. The lowest BCUT2D eigenvalue weighted by molar-refractivity contribution is 0.837. The summed E-state index contributed by atoms with van der Waals surface area (Å²) in [5, 5.41) is 1.24. The highest BCUT2D eigenvalue weighted by atomic mass is 14.7. The van der Waals surface area contributed by atoms with E-state index in [-0.39, 0.29) is 5.41 Å². The van der Waals surface area contributed by atoms with Crippen LogP contribution in [0, 0.1) is 0 Å². The van der Waals surface area contributed by atoms with Crippen molar-refractivity contribution in [3.8, 4) is 11.1 Å². The molecule has 8 rings (SSSR count). The molecular formula is C31H19N. The summed E-state index contributed by atoms with van der Waals surface area (Å²) in [7, 11) is 0. The van der Waals surface area contributed by atoms with E-state index in [9.17, 15) is 0 Å². The molecule has 0 saturated carbocycles. The molecule has 0 aliphatic heterocycles. The number of benzene rings is 4. The van der Waals surface area contributed by atoms with Crippen molar-refractivity contribution in [2.75, 3.05) is 0 Å². The molecule has 0 radical (unpaired) electrons. The number of para-hydroxylation sites is 1. The van der Waals surface area contributed by atoms with E-state index < -0.39 is 0 Å². The van der Waals surface area contributed by atoms with Gasteiger partial charge in [-0.05, 0) is 68.1 Å². The van der Waals surface area contributed by atoms with E-state index in [1.807, 2.05) is 0 Å². The summed E-state index contributed by atoms with van der Waals surface area (Å²) < 4.78 is 0. The Balaban J connectivity index is 1.61.